The topological polar surface area (TPSA) is 56.2 Å². The summed E-state index contributed by atoms with van der Waals surface area (Å²) in [6.07, 6.45) is 0.0961. The van der Waals surface area contributed by atoms with Crippen molar-refractivity contribution in [1.29, 1.82) is 0 Å². The third kappa shape index (κ3) is 3.93. The number of ether oxygens (including phenoxy) is 1. The van der Waals surface area contributed by atoms with Crippen LogP contribution in [-0.2, 0) is 18.2 Å². The monoisotopic (exact) mass is 293 g/mol. The number of nitrogens with zero attached hydrogens (tertiary/aromatic N) is 2. The van der Waals surface area contributed by atoms with Crippen molar-refractivity contribution >= 4 is 17.1 Å². The van der Waals surface area contributed by atoms with Crippen LogP contribution in [0.3, 0.4) is 0 Å². The molecule has 114 valence electrons. The number of aromatic nitrogens is 2. The van der Waals surface area contributed by atoms with Gasteiger partial charge in [-0.05, 0) is 39.0 Å². The lowest BCUT2D eigenvalue weighted by Crippen LogP contribution is -2.33. The normalized spacial score (nSPS) is 11.7. The highest BCUT2D eigenvalue weighted by atomic mass is 19.1. The molecule has 1 amide bonds. The number of aryl methyl sites for hydroxylation is 1. The van der Waals surface area contributed by atoms with E-state index in [1.807, 2.05) is 32.4 Å². The molecule has 0 spiro atoms. The van der Waals surface area contributed by atoms with Gasteiger partial charge >= 0.3 is 6.09 Å². The highest BCUT2D eigenvalue weighted by molar-refractivity contribution is 5.76. The van der Waals surface area contributed by atoms with Crippen molar-refractivity contribution in [1.82, 2.24) is 14.9 Å². The van der Waals surface area contributed by atoms with Gasteiger partial charge in [-0.1, -0.05) is 0 Å². The van der Waals surface area contributed by atoms with Crippen LogP contribution in [0.25, 0.3) is 11.0 Å². The summed E-state index contributed by atoms with van der Waals surface area (Å²) in [5.41, 5.74) is 0.966. The molecule has 5 nitrogen and oxygen atoms in total. The number of hydrogen-bond donors (Lipinski definition) is 1. The maximum atomic E-state index is 13.2. The van der Waals surface area contributed by atoms with Crippen LogP contribution >= 0.6 is 0 Å². The van der Waals surface area contributed by atoms with E-state index in [1.165, 1.54) is 12.1 Å². The molecule has 0 fully saturated rings. The van der Waals surface area contributed by atoms with Crippen molar-refractivity contribution in [2.24, 2.45) is 7.05 Å². The van der Waals surface area contributed by atoms with E-state index >= 15 is 0 Å². The molecule has 6 heteroatoms. The molecule has 1 heterocycles. The highest BCUT2D eigenvalue weighted by Crippen LogP contribution is 2.16. The number of imidazole rings is 1. The van der Waals surface area contributed by atoms with E-state index in [0.717, 1.165) is 16.9 Å². The van der Waals surface area contributed by atoms with Crippen LogP contribution in [0.5, 0.6) is 0 Å². The van der Waals surface area contributed by atoms with Gasteiger partial charge in [0.1, 0.15) is 17.2 Å². The molecule has 21 heavy (non-hydrogen) atoms. The van der Waals surface area contributed by atoms with Gasteiger partial charge in [-0.2, -0.15) is 0 Å². The number of amides is 1. The summed E-state index contributed by atoms with van der Waals surface area (Å²) in [7, 11) is 1.83. The predicted molar refractivity (Wildman–Crippen MR) is 78.6 cm³/mol. The lowest BCUT2D eigenvalue weighted by Gasteiger charge is -2.19. The standard InChI is InChI=1S/C15H20FN3O2/c1-15(2,3)21-14(20)17-8-7-13-18-11-6-5-10(16)9-12(11)19(13)4/h5-6,9H,7-8H2,1-4H3,(H,17,20). The zero-order valence-corrected chi connectivity index (χ0v) is 12.7. The van der Waals surface area contributed by atoms with Gasteiger partial charge in [0.25, 0.3) is 0 Å². The number of carbonyl (C=O) groups excluding carboxylic acids is 1. The Balaban J connectivity index is 1.98. The van der Waals surface area contributed by atoms with E-state index < -0.39 is 11.7 Å². The van der Waals surface area contributed by atoms with Crippen LogP contribution < -0.4 is 5.32 Å². The summed E-state index contributed by atoms with van der Waals surface area (Å²) in [5.74, 6) is 0.496. The fourth-order valence-corrected chi connectivity index (χ4v) is 2.03. The molecule has 0 aliphatic heterocycles. The second-order valence-electron chi connectivity index (χ2n) is 5.90. The van der Waals surface area contributed by atoms with Crippen molar-refractivity contribution in [2.45, 2.75) is 32.8 Å². The highest BCUT2D eigenvalue weighted by Gasteiger charge is 2.16. The number of hydrogen-bond acceptors (Lipinski definition) is 3. The fourth-order valence-electron chi connectivity index (χ4n) is 2.03. The smallest absolute Gasteiger partial charge is 0.407 e. The maximum absolute atomic E-state index is 13.2. The Morgan fingerprint density at radius 1 is 1.43 bits per heavy atom. The Hall–Kier alpha value is -2.11. The molecule has 0 aliphatic carbocycles. The van der Waals surface area contributed by atoms with Crippen molar-refractivity contribution in [2.75, 3.05) is 6.54 Å². The molecule has 0 atom stereocenters. The quantitative estimate of drug-likeness (QED) is 0.946. The molecule has 0 saturated carbocycles. The lowest BCUT2D eigenvalue weighted by molar-refractivity contribution is 0.0528. The molecule has 0 unspecified atom stereocenters. The molecule has 0 aliphatic rings. The fraction of sp³-hybridized carbons (Fsp3) is 0.467. The van der Waals surface area contributed by atoms with Gasteiger partial charge in [-0.25, -0.2) is 14.2 Å². The second kappa shape index (κ2) is 5.71. The Morgan fingerprint density at radius 3 is 2.81 bits per heavy atom. The van der Waals surface area contributed by atoms with Gasteiger partial charge < -0.3 is 14.6 Å². The van der Waals surface area contributed by atoms with E-state index in [4.69, 9.17) is 4.74 Å². The first-order chi connectivity index (χ1) is 9.76. The van der Waals surface area contributed by atoms with E-state index in [-0.39, 0.29) is 5.82 Å². The van der Waals surface area contributed by atoms with Gasteiger partial charge in [-0.15, -0.1) is 0 Å². The second-order valence-corrected chi connectivity index (χ2v) is 5.90. The number of carbonyl (C=O) groups is 1. The van der Waals surface area contributed by atoms with E-state index in [0.29, 0.717) is 13.0 Å². The Bertz CT molecular complexity index is 659. The summed E-state index contributed by atoms with van der Waals surface area (Å²) < 4.78 is 20.2. The number of halogens is 1. The van der Waals surface area contributed by atoms with Gasteiger partial charge in [0.05, 0.1) is 11.0 Å². The minimum Gasteiger partial charge on any atom is -0.444 e. The van der Waals surface area contributed by atoms with Crippen LogP contribution in [0.15, 0.2) is 18.2 Å². The minimum absolute atomic E-state index is 0.288. The van der Waals surface area contributed by atoms with Crippen LogP contribution in [0.1, 0.15) is 26.6 Å². The average Bonchev–Trinajstić information content (AvgIpc) is 2.65. The molecule has 1 aromatic heterocycles. The van der Waals surface area contributed by atoms with E-state index in [9.17, 15) is 9.18 Å². The SMILES string of the molecule is Cn1c(CCNC(=O)OC(C)(C)C)nc2ccc(F)cc21. The number of fused-ring (bicyclic) bond motifs is 1. The largest absolute Gasteiger partial charge is 0.444 e. The molecule has 2 rings (SSSR count). The summed E-state index contributed by atoms with van der Waals surface area (Å²) in [6, 6.07) is 4.49. The summed E-state index contributed by atoms with van der Waals surface area (Å²) in [5, 5.41) is 2.68. The van der Waals surface area contributed by atoms with Gasteiger partial charge in [0, 0.05) is 20.0 Å². The molecule has 1 aromatic carbocycles. The maximum Gasteiger partial charge on any atom is 0.407 e. The summed E-state index contributed by atoms with van der Waals surface area (Å²) >= 11 is 0. The predicted octanol–water partition coefficient (Wildman–Crippen LogP) is 2.78. The zero-order chi connectivity index (χ0) is 15.6. The Labute approximate surface area is 123 Å². The summed E-state index contributed by atoms with van der Waals surface area (Å²) in [4.78, 5) is 16.0. The average molecular weight is 293 g/mol. The third-order valence-electron chi connectivity index (χ3n) is 2.95. The van der Waals surface area contributed by atoms with Gasteiger partial charge in [-0.3, -0.25) is 0 Å². The molecule has 0 bridgehead atoms. The summed E-state index contributed by atoms with van der Waals surface area (Å²) in [6.45, 7) is 5.85. The number of benzene rings is 1. The first kappa shape index (κ1) is 15.3. The molecule has 0 radical (unpaired) electrons. The molecule has 2 aromatic rings. The number of rotatable bonds is 3. The van der Waals surface area contributed by atoms with Crippen LogP contribution in [0.2, 0.25) is 0 Å². The van der Waals surface area contributed by atoms with Crippen molar-refractivity contribution < 1.29 is 13.9 Å². The number of alkyl carbamates (subject to hydrolysis) is 1. The van der Waals surface area contributed by atoms with Gasteiger partial charge in [0.15, 0.2) is 0 Å². The zero-order valence-electron chi connectivity index (χ0n) is 12.7. The van der Waals surface area contributed by atoms with Gasteiger partial charge in [0.2, 0.25) is 0 Å². The van der Waals surface area contributed by atoms with Crippen LogP contribution in [0.4, 0.5) is 9.18 Å². The first-order valence-corrected chi connectivity index (χ1v) is 6.84. The number of nitrogens with one attached hydrogen (secondary N) is 1. The molecule has 0 saturated heterocycles. The Kier molecular flexibility index (Phi) is 4.16. The molecular weight excluding hydrogens is 273 g/mol. The van der Waals surface area contributed by atoms with Crippen molar-refractivity contribution in [3.05, 3.63) is 29.8 Å². The van der Waals surface area contributed by atoms with E-state index in [2.05, 4.69) is 10.3 Å². The minimum atomic E-state index is -0.514. The third-order valence-corrected chi connectivity index (χ3v) is 2.95. The van der Waals surface area contributed by atoms with Crippen LogP contribution in [0, 0.1) is 5.82 Å². The van der Waals surface area contributed by atoms with Crippen molar-refractivity contribution in [3.8, 4) is 0 Å². The molecule has 1 N–H and O–H groups in total. The lowest BCUT2D eigenvalue weighted by atomic mass is 10.2. The Morgan fingerprint density at radius 2 is 2.14 bits per heavy atom. The van der Waals surface area contributed by atoms with Crippen molar-refractivity contribution in [3.63, 3.8) is 0 Å². The van der Waals surface area contributed by atoms with Crippen LogP contribution in [-0.4, -0.2) is 27.8 Å². The first-order valence-electron chi connectivity index (χ1n) is 6.84. The molecular formula is C15H20FN3O2. The van der Waals surface area contributed by atoms with E-state index in [1.54, 1.807) is 6.07 Å².